The number of hydrogen-bond acceptors (Lipinski definition) is 3. The summed E-state index contributed by atoms with van der Waals surface area (Å²) in [6, 6.07) is 5.34. The van der Waals surface area contributed by atoms with Crippen molar-refractivity contribution in [1.82, 2.24) is 4.90 Å². The minimum Gasteiger partial charge on any atom is -0.493 e. The zero-order valence-electron chi connectivity index (χ0n) is 13.7. The molecule has 3 aliphatic rings. The Morgan fingerprint density at radius 1 is 1.25 bits per heavy atom. The number of carboxylic acid groups (broad SMARTS) is 1. The Labute approximate surface area is 141 Å². The monoisotopic (exact) mass is 329 g/mol. The molecule has 0 bridgehead atoms. The lowest BCUT2D eigenvalue weighted by molar-refractivity contribution is -0.149. The van der Waals surface area contributed by atoms with Crippen molar-refractivity contribution < 1.29 is 19.4 Å². The van der Waals surface area contributed by atoms with Gasteiger partial charge in [0.2, 0.25) is 5.91 Å². The Morgan fingerprint density at radius 2 is 2.08 bits per heavy atom. The number of fused-ring (bicyclic) bond motifs is 2. The molecular formula is C19H23NO4. The summed E-state index contributed by atoms with van der Waals surface area (Å²) in [5, 5.41) is 9.56. The predicted molar refractivity (Wildman–Crippen MR) is 88.0 cm³/mol. The van der Waals surface area contributed by atoms with E-state index in [1.165, 1.54) is 0 Å². The first kappa shape index (κ1) is 15.5. The fraction of sp³-hybridized carbons (Fsp3) is 0.579. The van der Waals surface area contributed by atoms with Crippen LogP contribution in [-0.4, -0.2) is 40.6 Å². The summed E-state index contributed by atoms with van der Waals surface area (Å²) in [6.07, 6.45) is 6.01. The van der Waals surface area contributed by atoms with Crippen molar-refractivity contribution in [2.75, 3.05) is 6.61 Å². The number of likely N-dealkylation sites (tertiary alicyclic amines) is 1. The number of amides is 1. The fourth-order valence-corrected chi connectivity index (χ4v) is 4.66. The van der Waals surface area contributed by atoms with Gasteiger partial charge in [0.05, 0.1) is 13.0 Å². The van der Waals surface area contributed by atoms with E-state index >= 15 is 0 Å². The number of aliphatic carboxylic acids is 1. The minimum absolute atomic E-state index is 0.0457. The van der Waals surface area contributed by atoms with Crippen LogP contribution in [0.3, 0.4) is 0 Å². The first-order valence-electron chi connectivity index (χ1n) is 8.92. The molecule has 5 heteroatoms. The molecule has 0 radical (unpaired) electrons. The molecule has 1 N–H and O–H groups in total. The maximum Gasteiger partial charge on any atom is 0.326 e. The lowest BCUT2D eigenvalue weighted by Gasteiger charge is -2.33. The lowest BCUT2D eigenvalue weighted by Crippen LogP contribution is -2.46. The third-order valence-electron chi connectivity index (χ3n) is 5.77. The van der Waals surface area contributed by atoms with Crippen LogP contribution in [0.4, 0.5) is 0 Å². The van der Waals surface area contributed by atoms with E-state index in [1.807, 2.05) is 18.2 Å². The third kappa shape index (κ3) is 2.66. The normalized spacial score (nSPS) is 28.2. The SMILES string of the molecule is O=C(O)C1CC2CCCCC2N1C(=O)Cc1ccc2c(c1)CCO2. The van der Waals surface area contributed by atoms with Crippen LogP contribution in [0, 0.1) is 5.92 Å². The van der Waals surface area contributed by atoms with E-state index in [4.69, 9.17) is 4.74 Å². The van der Waals surface area contributed by atoms with Gasteiger partial charge in [0.1, 0.15) is 11.8 Å². The molecule has 3 unspecified atom stereocenters. The van der Waals surface area contributed by atoms with Crippen LogP contribution in [0.5, 0.6) is 5.75 Å². The Balaban J connectivity index is 1.54. The molecular weight excluding hydrogens is 306 g/mol. The van der Waals surface area contributed by atoms with Gasteiger partial charge in [0.15, 0.2) is 0 Å². The summed E-state index contributed by atoms with van der Waals surface area (Å²) < 4.78 is 5.50. The molecule has 1 aromatic carbocycles. The second-order valence-corrected chi connectivity index (χ2v) is 7.22. The second-order valence-electron chi connectivity index (χ2n) is 7.22. The molecule has 128 valence electrons. The van der Waals surface area contributed by atoms with Crippen molar-refractivity contribution in [3.63, 3.8) is 0 Å². The van der Waals surface area contributed by atoms with E-state index in [9.17, 15) is 14.7 Å². The minimum atomic E-state index is -0.861. The Hall–Kier alpha value is -2.04. The molecule has 4 rings (SSSR count). The molecule has 2 aliphatic heterocycles. The van der Waals surface area contributed by atoms with Gasteiger partial charge in [-0.1, -0.05) is 25.0 Å². The van der Waals surface area contributed by atoms with Crippen LogP contribution < -0.4 is 4.74 Å². The highest BCUT2D eigenvalue weighted by Crippen LogP contribution is 2.40. The fourth-order valence-electron chi connectivity index (χ4n) is 4.66. The highest BCUT2D eigenvalue weighted by atomic mass is 16.5. The maximum absolute atomic E-state index is 12.9. The van der Waals surface area contributed by atoms with E-state index < -0.39 is 12.0 Å². The molecule has 24 heavy (non-hydrogen) atoms. The quantitative estimate of drug-likeness (QED) is 0.925. The van der Waals surface area contributed by atoms with Crippen molar-refractivity contribution >= 4 is 11.9 Å². The Bertz CT molecular complexity index is 671. The molecule has 1 amide bonds. The van der Waals surface area contributed by atoms with Crippen LogP contribution in [0.25, 0.3) is 0 Å². The number of rotatable bonds is 3. The van der Waals surface area contributed by atoms with E-state index in [1.54, 1.807) is 4.90 Å². The molecule has 2 heterocycles. The van der Waals surface area contributed by atoms with Gasteiger partial charge in [-0.05, 0) is 42.4 Å². The average Bonchev–Trinajstić information content (AvgIpc) is 3.18. The number of benzene rings is 1. The van der Waals surface area contributed by atoms with Gasteiger partial charge in [-0.3, -0.25) is 4.79 Å². The van der Waals surface area contributed by atoms with Crippen LogP contribution in [0.2, 0.25) is 0 Å². The first-order chi connectivity index (χ1) is 11.6. The van der Waals surface area contributed by atoms with Gasteiger partial charge in [-0.2, -0.15) is 0 Å². The van der Waals surface area contributed by atoms with Crippen LogP contribution in [-0.2, 0) is 22.4 Å². The van der Waals surface area contributed by atoms with E-state index in [2.05, 4.69) is 0 Å². The summed E-state index contributed by atoms with van der Waals surface area (Å²) in [4.78, 5) is 26.3. The van der Waals surface area contributed by atoms with Gasteiger partial charge in [-0.25, -0.2) is 4.79 Å². The van der Waals surface area contributed by atoms with Crippen molar-refractivity contribution in [1.29, 1.82) is 0 Å². The molecule has 1 saturated heterocycles. The predicted octanol–water partition coefficient (Wildman–Crippen LogP) is 2.41. The zero-order chi connectivity index (χ0) is 16.7. The third-order valence-corrected chi connectivity index (χ3v) is 5.77. The summed E-state index contributed by atoms with van der Waals surface area (Å²) in [6.45, 7) is 0.698. The van der Waals surface area contributed by atoms with Gasteiger partial charge in [0, 0.05) is 12.5 Å². The van der Waals surface area contributed by atoms with Gasteiger partial charge in [0.25, 0.3) is 0 Å². The molecule has 3 atom stereocenters. The largest absolute Gasteiger partial charge is 0.493 e. The molecule has 1 saturated carbocycles. The van der Waals surface area contributed by atoms with E-state index in [0.29, 0.717) is 18.9 Å². The molecule has 2 fully saturated rings. The Morgan fingerprint density at radius 3 is 2.92 bits per heavy atom. The van der Waals surface area contributed by atoms with Gasteiger partial charge in [-0.15, -0.1) is 0 Å². The smallest absolute Gasteiger partial charge is 0.326 e. The van der Waals surface area contributed by atoms with Crippen LogP contribution >= 0.6 is 0 Å². The van der Waals surface area contributed by atoms with Gasteiger partial charge >= 0.3 is 5.97 Å². The number of nitrogens with zero attached hydrogens (tertiary/aromatic N) is 1. The standard InChI is InChI=1S/C19H23NO4/c21-18(10-12-5-6-17-14(9-12)7-8-24-17)20-15-4-2-1-3-13(15)11-16(20)19(22)23/h5-6,9,13,15-16H,1-4,7-8,10-11H2,(H,22,23). The molecule has 0 aromatic heterocycles. The summed E-state index contributed by atoms with van der Waals surface area (Å²) >= 11 is 0. The molecule has 1 aromatic rings. The van der Waals surface area contributed by atoms with E-state index in [0.717, 1.165) is 49.0 Å². The highest BCUT2D eigenvalue weighted by Gasteiger charge is 2.47. The molecule has 5 nitrogen and oxygen atoms in total. The summed E-state index contributed by atoms with van der Waals surface area (Å²) in [5.41, 5.74) is 2.10. The first-order valence-corrected chi connectivity index (χ1v) is 8.92. The second kappa shape index (κ2) is 6.11. The highest BCUT2D eigenvalue weighted by molar-refractivity contribution is 5.86. The maximum atomic E-state index is 12.9. The van der Waals surface area contributed by atoms with Gasteiger partial charge < -0.3 is 14.7 Å². The van der Waals surface area contributed by atoms with Crippen molar-refractivity contribution in [3.05, 3.63) is 29.3 Å². The number of ether oxygens (including phenoxy) is 1. The Kier molecular flexibility index (Phi) is 3.94. The number of carboxylic acids is 1. The molecule has 0 spiro atoms. The average molecular weight is 329 g/mol. The number of carbonyl (C=O) groups excluding carboxylic acids is 1. The van der Waals surface area contributed by atoms with Crippen molar-refractivity contribution in [2.45, 2.75) is 57.0 Å². The topological polar surface area (TPSA) is 66.8 Å². The van der Waals surface area contributed by atoms with E-state index in [-0.39, 0.29) is 18.4 Å². The summed E-state index contributed by atoms with van der Waals surface area (Å²) in [5.74, 6) is 0.358. The number of hydrogen-bond donors (Lipinski definition) is 1. The van der Waals surface area contributed by atoms with Crippen LogP contribution in [0.15, 0.2) is 18.2 Å². The van der Waals surface area contributed by atoms with Crippen LogP contribution in [0.1, 0.15) is 43.2 Å². The zero-order valence-corrected chi connectivity index (χ0v) is 13.7. The molecule has 1 aliphatic carbocycles. The number of carbonyl (C=O) groups is 2. The summed E-state index contributed by atoms with van der Waals surface area (Å²) in [7, 11) is 0. The van der Waals surface area contributed by atoms with Crippen molar-refractivity contribution in [3.8, 4) is 5.75 Å². The lowest BCUT2D eigenvalue weighted by atomic mass is 9.84. The van der Waals surface area contributed by atoms with Crippen molar-refractivity contribution in [2.24, 2.45) is 5.92 Å².